The lowest BCUT2D eigenvalue weighted by atomic mass is 9.74. The summed E-state index contributed by atoms with van der Waals surface area (Å²) in [7, 11) is 0. The van der Waals surface area contributed by atoms with Crippen LogP contribution in [0.2, 0.25) is 0 Å². The van der Waals surface area contributed by atoms with Crippen LogP contribution in [0.25, 0.3) is 11.0 Å². The zero-order valence-corrected chi connectivity index (χ0v) is 23.1. The normalized spacial score (nSPS) is 24.3. The largest absolute Gasteiger partial charge is 0.463 e. The van der Waals surface area contributed by atoms with Gasteiger partial charge in [0.1, 0.15) is 30.2 Å². The molecule has 2 fully saturated rings. The van der Waals surface area contributed by atoms with Crippen LogP contribution in [0, 0.1) is 12.7 Å². The topological polar surface area (TPSA) is 135 Å². The van der Waals surface area contributed by atoms with E-state index in [-0.39, 0.29) is 17.8 Å². The molecule has 0 amide bonds. The van der Waals surface area contributed by atoms with Crippen molar-refractivity contribution < 1.29 is 37.7 Å². The van der Waals surface area contributed by atoms with E-state index in [1.807, 2.05) is 6.07 Å². The Labute approximate surface area is 234 Å². The molecular formula is C28H30FN5O7. The van der Waals surface area contributed by atoms with E-state index in [9.17, 15) is 18.8 Å². The molecule has 0 unspecified atom stereocenters. The highest BCUT2D eigenvalue weighted by molar-refractivity contribution is 5.88. The van der Waals surface area contributed by atoms with Gasteiger partial charge in [-0.25, -0.2) is 19.0 Å². The van der Waals surface area contributed by atoms with Crippen molar-refractivity contribution in [3.63, 3.8) is 0 Å². The van der Waals surface area contributed by atoms with Gasteiger partial charge >= 0.3 is 17.9 Å². The van der Waals surface area contributed by atoms with E-state index in [0.717, 1.165) is 18.4 Å². The Bertz CT molecular complexity index is 1550. The molecule has 3 aromatic rings. The number of carbonyl (C=O) groups excluding carboxylic acids is 3. The molecule has 4 heterocycles. The van der Waals surface area contributed by atoms with E-state index >= 15 is 0 Å². The molecule has 41 heavy (non-hydrogen) atoms. The summed E-state index contributed by atoms with van der Waals surface area (Å²) < 4.78 is 37.9. The number of halogens is 1. The molecular weight excluding hydrogens is 537 g/mol. The van der Waals surface area contributed by atoms with E-state index in [1.165, 1.54) is 37.1 Å². The Balaban J connectivity index is 1.33. The number of esters is 3. The maximum atomic E-state index is 14.1. The van der Waals surface area contributed by atoms with Crippen molar-refractivity contribution in [1.29, 1.82) is 0 Å². The van der Waals surface area contributed by atoms with Gasteiger partial charge in [0.25, 0.3) is 0 Å². The third-order valence-electron chi connectivity index (χ3n) is 7.93. The first kappa shape index (κ1) is 27.1. The second-order valence-corrected chi connectivity index (χ2v) is 10.9. The first-order valence-electron chi connectivity index (χ1n) is 13.4. The molecule has 3 aliphatic rings. The van der Waals surface area contributed by atoms with Crippen LogP contribution in [0.3, 0.4) is 0 Å². The van der Waals surface area contributed by atoms with Gasteiger partial charge < -0.3 is 23.8 Å². The van der Waals surface area contributed by atoms with Crippen molar-refractivity contribution in [2.75, 3.05) is 24.6 Å². The molecule has 1 aromatic carbocycles. The molecule has 1 spiro atoms. The summed E-state index contributed by atoms with van der Waals surface area (Å²) in [4.78, 5) is 47.0. The zero-order valence-electron chi connectivity index (χ0n) is 23.1. The number of hydrogen-bond acceptors (Lipinski definition) is 11. The number of rotatable bonds is 6. The van der Waals surface area contributed by atoms with Gasteiger partial charge in [-0.05, 0) is 43.0 Å². The van der Waals surface area contributed by atoms with Gasteiger partial charge in [0.15, 0.2) is 24.1 Å². The van der Waals surface area contributed by atoms with Crippen molar-refractivity contribution >= 4 is 34.8 Å². The quantitative estimate of drug-likeness (QED) is 0.321. The van der Waals surface area contributed by atoms with Crippen LogP contribution in [-0.4, -0.2) is 75.7 Å². The summed E-state index contributed by atoms with van der Waals surface area (Å²) in [5, 5.41) is 5.18. The molecule has 1 aliphatic carbocycles. The van der Waals surface area contributed by atoms with Crippen molar-refractivity contribution in [3.8, 4) is 0 Å². The van der Waals surface area contributed by atoms with Crippen LogP contribution in [0.15, 0.2) is 24.4 Å². The number of fused-ring (bicyclic) bond motifs is 3. The Morgan fingerprint density at radius 1 is 1.07 bits per heavy atom. The highest BCUT2D eigenvalue weighted by atomic mass is 19.1. The minimum atomic E-state index is -1.09. The summed E-state index contributed by atoms with van der Waals surface area (Å²) in [5.74, 6) is -0.832. The zero-order chi connectivity index (χ0) is 29.1. The van der Waals surface area contributed by atoms with Crippen molar-refractivity contribution in [1.82, 2.24) is 19.7 Å². The van der Waals surface area contributed by atoms with E-state index in [2.05, 4.69) is 15.0 Å². The molecule has 216 valence electrons. The van der Waals surface area contributed by atoms with Crippen LogP contribution < -0.4 is 4.90 Å². The Morgan fingerprint density at radius 3 is 2.51 bits per heavy atom. The molecule has 12 nitrogen and oxygen atoms in total. The van der Waals surface area contributed by atoms with Gasteiger partial charge in [-0.1, -0.05) is 6.07 Å². The standard InChI is InChI=1S/C28H30FN5O7/c1-14-31-25(33-12-28(13-33)8-7-18-5-6-19(29)9-21(18)28)20-10-30-34(26(20)32-14)27-24(40-17(4)37)23(39-16(3)36)22(41-27)11-38-15(2)35/h5-6,9-10,22-24,27H,7-8,11-13H2,1-4H3/t22-,23-,24-,27-/m1/s1. The Morgan fingerprint density at radius 2 is 1.80 bits per heavy atom. The molecule has 2 aromatic heterocycles. The van der Waals surface area contributed by atoms with Crippen molar-refractivity contribution in [2.45, 2.75) is 70.5 Å². The average molecular weight is 568 g/mol. The number of carbonyl (C=O) groups is 3. The summed E-state index contributed by atoms with van der Waals surface area (Å²) in [6, 6.07) is 5.03. The number of nitrogens with zero attached hydrogens (tertiary/aromatic N) is 5. The minimum absolute atomic E-state index is 0.130. The van der Waals surface area contributed by atoms with Gasteiger partial charge in [0.2, 0.25) is 0 Å². The summed E-state index contributed by atoms with van der Waals surface area (Å²) in [5.41, 5.74) is 2.55. The molecule has 2 aliphatic heterocycles. The van der Waals surface area contributed by atoms with Gasteiger partial charge in [0.05, 0.1) is 11.6 Å². The van der Waals surface area contributed by atoms with Crippen molar-refractivity contribution in [3.05, 3.63) is 47.2 Å². The van der Waals surface area contributed by atoms with Crippen LogP contribution in [0.4, 0.5) is 10.2 Å². The third-order valence-corrected chi connectivity index (χ3v) is 7.93. The lowest BCUT2D eigenvalue weighted by molar-refractivity contribution is -0.166. The lowest BCUT2D eigenvalue weighted by Gasteiger charge is -2.49. The monoisotopic (exact) mass is 567 g/mol. The van der Waals surface area contributed by atoms with E-state index < -0.39 is 42.4 Å². The third kappa shape index (κ3) is 4.77. The first-order valence-corrected chi connectivity index (χ1v) is 13.4. The fourth-order valence-corrected chi connectivity index (χ4v) is 6.27. The van der Waals surface area contributed by atoms with Crippen molar-refractivity contribution in [2.24, 2.45) is 0 Å². The SMILES string of the molecule is CC(=O)OC[C@H]1O[C@@H](n2ncc3c(N4CC5(CCc6ccc(F)cc65)C4)nc(C)nc32)[C@H](OC(C)=O)[C@@H]1OC(C)=O. The van der Waals surface area contributed by atoms with Crippen LogP contribution in [-0.2, 0) is 45.2 Å². The molecule has 0 N–H and O–H groups in total. The van der Waals surface area contributed by atoms with Crippen LogP contribution in [0.1, 0.15) is 50.4 Å². The number of anilines is 1. The van der Waals surface area contributed by atoms with E-state index in [0.29, 0.717) is 35.8 Å². The number of hydrogen-bond donors (Lipinski definition) is 0. The molecule has 0 saturated carbocycles. The van der Waals surface area contributed by atoms with Crippen LogP contribution >= 0.6 is 0 Å². The lowest BCUT2D eigenvalue weighted by Crippen LogP contribution is -2.58. The smallest absolute Gasteiger partial charge is 0.303 e. The Hall–Kier alpha value is -4.13. The maximum absolute atomic E-state index is 14.1. The number of aryl methyl sites for hydroxylation is 2. The van der Waals surface area contributed by atoms with E-state index in [1.54, 1.807) is 19.2 Å². The van der Waals surface area contributed by atoms with E-state index in [4.69, 9.17) is 23.9 Å². The molecule has 0 bridgehead atoms. The fourth-order valence-electron chi connectivity index (χ4n) is 6.27. The second-order valence-electron chi connectivity index (χ2n) is 10.9. The van der Waals surface area contributed by atoms with Gasteiger partial charge in [0, 0.05) is 39.3 Å². The maximum Gasteiger partial charge on any atom is 0.303 e. The molecule has 0 radical (unpaired) electrons. The minimum Gasteiger partial charge on any atom is -0.463 e. The Kier molecular flexibility index (Phi) is 6.63. The molecule has 4 atom stereocenters. The molecule has 6 rings (SSSR count). The molecule has 13 heteroatoms. The predicted molar refractivity (Wildman–Crippen MR) is 140 cm³/mol. The van der Waals surface area contributed by atoms with Gasteiger partial charge in [-0.15, -0.1) is 0 Å². The molecule has 2 saturated heterocycles. The number of benzene rings is 1. The van der Waals surface area contributed by atoms with Gasteiger partial charge in [-0.3, -0.25) is 14.4 Å². The average Bonchev–Trinajstić information content (AvgIpc) is 3.55. The fraction of sp³-hybridized carbons (Fsp3) is 0.500. The second kappa shape index (κ2) is 10.1. The summed E-state index contributed by atoms with van der Waals surface area (Å²) >= 11 is 0. The highest BCUT2D eigenvalue weighted by Crippen LogP contribution is 2.48. The summed E-state index contributed by atoms with van der Waals surface area (Å²) in [6.45, 7) is 6.60. The van der Waals surface area contributed by atoms with Crippen LogP contribution in [0.5, 0.6) is 0 Å². The number of aromatic nitrogens is 4. The predicted octanol–water partition coefficient (Wildman–Crippen LogP) is 2.30. The first-order chi connectivity index (χ1) is 19.5. The summed E-state index contributed by atoms with van der Waals surface area (Å²) in [6.07, 6.45) is -0.625. The highest BCUT2D eigenvalue weighted by Gasteiger charge is 2.52. The number of ether oxygens (including phenoxy) is 4. The van der Waals surface area contributed by atoms with Gasteiger partial charge in [-0.2, -0.15) is 5.10 Å².